The van der Waals surface area contributed by atoms with Crippen LogP contribution in [0.15, 0.2) is 68.9 Å². The van der Waals surface area contributed by atoms with Crippen LogP contribution in [0.3, 0.4) is 0 Å². The fourth-order valence-corrected chi connectivity index (χ4v) is 13.5. The zero-order valence-corrected chi connectivity index (χ0v) is 42.8. The first-order chi connectivity index (χ1) is 35.9. The number of benzene rings is 2. The maximum absolute atomic E-state index is 14.3. The van der Waals surface area contributed by atoms with Gasteiger partial charge in [-0.2, -0.15) is 10.2 Å². The highest BCUT2D eigenvalue weighted by Gasteiger charge is 2.61. The van der Waals surface area contributed by atoms with E-state index in [2.05, 4.69) is 10.2 Å². The molecular weight excluding hydrogens is 993 g/mol. The second kappa shape index (κ2) is 20.0. The van der Waals surface area contributed by atoms with Gasteiger partial charge in [-0.15, -0.1) is 0 Å². The van der Waals surface area contributed by atoms with Gasteiger partial charge in [0.2, 0.25) is 0 Å². The molecule has 0 amide bonds. The highest BCUT2D eigenvalue weighted by Crippen LogP contribution is 2.54. The summed E-state index contributed by atoms with van der Waals surface area (Å²) in [5.74, 6) is -7.24. The van der Waals surface area contributed by atoms with Crippen LogP contribution < -0.4 is 20.9 Å². The number of Topliss-reactive ketones (excluding diaryl/α,β-unsaturated/α-hetero) is 4. The Morgan fingerprint density at radius 1 is 0.566 bits per heavy atom. The Morgan fingerprint density at radius 3 is 1.26 bits per heavy atom. The molecule has 22 nitrogen and oxygen atoms in total. The number of carbonyl (C=O) groups is 4. The Morgan fingerprint density at radius 2 is 0.921 bits per heavy atom. The van der Waals surface area contributed by atoms with Gasteiger partial charge >= 0.3 is 0 Å². The molecule has 2 saturated heterocycles. The predicted octanol–water partition coefficient (Wildman–Crippen LogP) is -0.00600. The number of methoxy groups -OCH3 is 2. The van der Waals surface area contributed by atoms with Crippen molar-refractivity contribution in [3.8, 4) is 11.5 Å². The van der Waals surface area contributed by atoms with Crippen molar-refractivity contribution in [2.24, 2.45) is 45.3 Å². The molecule has 76 heavy (non-hydrogen) atoms. The summed E-state index contributed by atoms with van der Waals surface area (Å²) in [6, 6.07) is 7.32. The standard InChI is InChI=1S/C54H66N4O18/c1-19-43(59)27(55)13-33(73-19)75-31-17-53(69,15-25-37(31)51(67)41-39(47(25)63)45(61)23-9-7-11-29(71-5)35(23)49(41)65)21(3)57-58-22(4)54(70)16-26-38(32(18-54)76-34-14-28(56)44(60)20(2)74-34)52(68)42-40(48(26)64)46(62)24-10-8-12-30(72-6)36(24)50(42)66/h7-12,19-20,25-28,31-34,37-38,43-44,47-48,51-52,59-60,63-64,67-70H,13-18,55-56H2,1-6H3. The summed E-state index contributed by atoms with van der Waals surface area (Å²) in [4.78, 5) is 57.2. The van der Waals surface area contributed by atoms with Gasteiger partial charge in [-0.05, 0) is 52.7 Å². The lowest BCUT2D eigenvalue weighted by Crippen LogP contribution is -2.62. The number of aliphatic hydroxyl groups is 8. The van der Waals surface area contributed by atoms with Crippen LogP contribution in [0.1, 0.15) is 108 Å². The lowest BCUT2D eigenvalue weighted by atomic mass is 9.57. The van der Waals surface area contributed by atoms with Crippen LogP contribution in [-0.4, -0.2) is 187 Å². The van der Waals surface area contributed by atoms with E-state index in [1.807, 2.05) is 0 Å². The number of nitrogens with zero attached hydrogens (tertiary/aromatic N) is 2. The van der Waals surface area contributed by atoms with Gasteiger partial charge in [0.25, 0.3) is 0 Å². The van der Waals surface area contributed by atoms with E-state index in [0.29, 0.717) is 0 Å². The molecule has 22 heteroatoms. The maximum Gasteiger partial charge on any atom is 0.196 e. The molecular formula is C54H66N4O18. The van der Waals surface area contributed by atoms with E-state index < -0.39 is 144 Å². The van der Waals surface area contributed by atoms with Gasteiger partial charge in [0.1, 0.15) is 22.7 Å². The van der Waals surface area contributed by atoms with Crippen LogP contribution in [0.5, 0.6) is 11.5 Å². The average molecular weight is 1060 g/mol. The molecule has 6 aliphatic carbocycles. The second-order valence-electron chi connectivity index (χ2n) is 21.9. The number of ketones is 4. The molecule has 8 aliphatic rings. The molecule has 2 aromatic rings. The van der Waals surface area contributed by atoms with Crippen LogP contribution in [0.4, 0.5) is 0 Å². The number of rotatable bonds is 9. The van der Waals surface area contributed by atoms with E-state index in [1.165, 1.54) is 64.5 Å². The SMILES string of the molecule is COc1cccc2c1C(=O)C1=C(C2=O)C(O)C2CC(O)(C(C)=NN=C(C)C3(O)CC(OC4CC(N)C(O)C(C)O4)C4C(O)C5=C(C(=O)c6cccc(OC)c6C5=O)C(O)C4C3)CC(OC3CC(N)C(O)C(C)O3)C2C1O. The Bertz CT molecular complexity index is 2660. The lowest BCUT2D eigenvalue weighted by molar-refractivity contribution is -0.266. The van der Waals surface area contributed by atoms with Crippen molar-refractivity contribution >= 4 is 34.6 Å². The van der Waals surface area contributed by atoms with Crippen molar-refractivity contribution in [3.63, 3.8) is 0 Å². The lowest BCUT2D eigenvalue weighted by Gasteiger charge is -2.53. The van der Waals surface area contributed by atoms with Gasteiger partial charge in [-0.1, -0.05) is 24.3 Å². The Hall–Kier alpha value is -5.02. The van der Waals surface area contributed by atoms with Crippen LogP contribution in [0, 0.1) is 23.7 Å². The van der Waals surface area contributed by atoms with Crippen molar-refractivity contribution in [3.05, 3.63) is 80.9 Å². The molecule has 0 bridgehead atoms. The summed E-state index contributed by atoms with van der Waals surface area (Å²) in [6.07, 6.45) is -16.5. The van der Waals surface area contributed by atoms with Gasteiger partial charge < -0.3 is 80.7 Å². The van der Waals surface area contributed by atoms with Crippen molar-refractivity contribution in [1.82, 2.24) is 0 Å². The molecule has 2 heterocycles. The minimum atomic E-state index is -2.02. The largest absolute Gasteiger partial charge is 0.496 e. The summed E-state index contributed by atoms with van der Waals surface area (Å²) >= 11 is 0. The van der Waals surface area contributed by atoms with E-state index in [4.69, 9.17) is 39.9 Å². The summed E-state index contributed by atoms with van der Waals surface area (Å²) in [5.41, 5.74) is 6.86. The fourth-order valence-electron chi connectivity index (χ4n) is 13.5. The molecule has 410 valence electrons. The molecule has 20 unspecified atom stereocenters. The van der Waals surface area contributed by atoms with Crippen molar-refractivity contribution in [2.45, 2.75) is 163 Å². The van der Waals surface area contributed by atoms with Crippen molar-refractivity contribution < 1.29 is 88.5 Å². The quantitative estimate of drug-likeness (QED) is 0.117. The van der Waals surface area contributed by atoms with E-state index in [1.54, 1.807) is 13.8 Å². The summed E-state index contributed by atoms with van der Waals surface area (Å²) in [6.45, 7) is 6.10. The number of ether oxygens (including phenoxy) is 6. The monoisotopic (exact) mass is 1060 g/mol. The molecule has 20 atom stereocenters. The Balaban J connectivity index is 0.997. The molecule has 10 rings (SSSR count). The van der Waals surface area contributed by atoms with E-state index in [-0.39, 0.29) is 106 Å². The minimum Gasteiger partial charge on any atom is -0.496 e. The van der Waals surface area contributed by atoms with E-state index >= 15 is 0 Å². The molecule has 4 fully saturated rings. The minimum absolute atomic E-state index is 0.00834. The van der Waals surface area contributed by atoms with Gasteiger partial charge in [-0.3, -0.25) is 19.2 Å². The molecule has 2 aromatic carbocycles. The van der Waals surface area contributed by atoms with Crippen LogP contribution in [0.25, 0.3) is 0 Å². The Kier molecular flexibility index (Phi) is 14.3. The third-order valence-corrected chi connectivity index (χ3v) is 17.6. The maximum atomic E-state index is 14.3. The first kappa shape index (κ1) is 54.3. The summed E-state index contributed by atoms with van der Waals surface area (Å²) in [5, 5.41) is 105. The molecule has 12 N–H and O–H groups in total. The van der Waals surface area contributed by atoms with Crippen LogP contribution >= 0.6 is 0 Å². The zero-order chi connectivity index (χ0) is 54.8. The van der Waals surface area contributed by atoms with E-state index in [0.717, 1.165) is 0 Å². The summed E-state index contributed by atoms with van der Waals surface area (Å²) < 4.78 is 35.9. The molecule has 0 radical (unpaired) electrons. The smallest absolute Gasteiger partial charge is 0.196 e. The fraction of sp³-hybridized carbons (Fsp3) is 0.593. The number of hydrogen-bond acceptors (Lipinski definition) is 22. The second-order valence-corrected chi connectivity index (χ2v) is 21.9. The number of carbonyl (C=O) groups excluding carboxylic acids is 4. The number of hydrogen-bond donors (Lipinski definition) is 10. The highest BCUT2D eigenvalue weighted by molar-refractivity contribution is 6.30. The predicted molar refractivity (Wildman–Crippen MR) is 266 cm³/mol. The van der Waals surface area contributed by atoms with Gasteiger partial charge in [-0.25, -0.2) is 0 Å². The average Bonchev–Trinajstić information content (AvgIpc) is 3.58. The number of aliphatic hydroxyl groups excluding tert-OH is 6. The molecule has 2 saturated carbocycles. The third-order valence-electron chi connectivity index (χ3n) is 17.6. The number of fused-ring (bicyclic) bond motifs is 4. The molecule has 0 aromatic heterocycles. The number of nitrogens with two attached hydrogens (primary N) is 2. The molecule has 2 aliphatic heterocycles. The topological polar surface area (TPSA) is 362 Å². The van der Waals surface area contributed by atoms with Gasteiger partial charge in [0, 0.05) is 94.9 Å². The van der Waals surface area contributed by atoms with Crippen molar-refractivity contribution in [1.29, 1.82) is 0 Å². The van der Waals surface area contributed by atoms with Gasteiger partial charge in [0.15, 0.2) is 35.7 Å². The molecule has 0 spiro atoms. The first-order valence-corrected chi connectivity index (χ1v) is 25.7. The van der Waals surface area contributed by atoms with Crippen molar-refractivity contribution in [2.75, 3.05) is 14.2 Å². The zero-order valence-electron chi connectivity index (χ0n) is 42.8. The van der Waals surface area contributed by atoms with E-state index in [9.17, 15) is 60.0 Å². The summed E-state index contributed by atoms with van der Waals surface area (Å²) in [7, 11) is 2.67. The first-order valence-electron chi connectivity index (χ1n) is 25.7. The Labute approximate surface area is 437 Å². The van der Waals surface area contributed by atoms with Crippen LogP contribution in [0.2, 0.25) is 0 Å². The highest BCUT2D eigenvalue weighted by atomic mass is 16.7. The third kappa shape index (κ3) is 8.65. The van der Waals surface area contributed by atoms with Crippen LogP contribution in [-0.2, 0) is 18.9 Å². The van der Waals surface area contributed by atoms with Gasteiger partial charge in [0.05, 0.1) is 97.8 Å². The normalized spacial score (nSPS) is 41.6.